The fourth-order valence-electron chi connectivity index (χ4n) is 2.14. The molecule has 0 aliphatic carbocycles. The lowest BCUT2D eigenvalue weighted by Crippen LogP contribution is -2.13. The highest BCUT2D eigenvalue weighted by Crippen LogP contribution is 2.26. The summed E-state index contributed by atoms with van der Waals surface area (Å²) in [5, 5.41) is 2.89. The van der Waals surface area contributed by atoms with Crippen LogP contribution in [0, 0.1) is 0 Å². The van der Waals surface area contributed by atoms with Crippen LogP contribution in [0.5, 0.6) is 0 Å². The molecule has 2 rings (SSSR count). The van der Waals surface area contributed by atoms with Gasteiger partial charge in [-0.15, -0.1) is 12.4 Å². The summed E-state index contributed by atoms with van der Waals surface area (Å²) in [6, 6.07) is 6.14. The van der Waals surface area contributed by atoms with Gasteiger partial charge >= 0.3 is 0 Å². The van der Waals surface area contributed by atoms with E-state index in [2.05, 4.69) is 30.4 Å². The van der Waals surface area contributed by atoms with Crippen LogP contribution in [-0.4, -0.2) is 31.4 Å². The summed E-state index contributed by atoms with van der Waals surface area (Å²) in [6.07, 6.45) is 2.74. The molecule has 0 saturated carbocycles. The maximum absolute atomic E-state index is 11.3. The van der Waals surface area contributed by atoms with E-state index in [1.807, 2.05) is 12.1 Å². The number of nitrogens with zero attached hydrogens (tertiary/aromatic N) is 1. The van der Waals surface area contributed by atoms with Crippen molar-refractivity contribution in [2.24, 2.45) is 0 Å². The van der Waals surface area contributed by atoms with Gasteiger partial charge in [-0.1, -0.05) is 12.1 Å². The van der Waals surface area contributed by atoms with E-state index in [9.17, 15) is 4.79 Å². The molecule has 1 aromatic carbocycles. The van der Waals surface area contributed by atoms with E-state index in [1.165, 1.54) is 11.1 Å². The van der Waals surface area contributed by atoms with Crippen molar-refractivity contribution in [3.8, 4) is 0 Å². The van der Waals surface area contributed by atoms with Gasteiger partial charge in [0.25, 0.3) is 0 Å². The van der Waals surface area contributed by atoms with Gasteiger partial charge < -0.3 is 10.2 Å². The number of hydrogen-bond donors (Lipinski definition) is 1. The first-order chi connectivity index (χ1) is 7.66. The number of hydrogen-bond acceptors (Lipinski definition) is 2. The van der Waals surface area contributed by atoms with E-state index in [4.69, 9.17) is 0 Å². The molecule has 0 atom stereocenters. The molecular formula is C13H19ClN2O. The van der Waals surface area contributed by atoms with Crippen LogP contribution in [0.2, 0.25) is 0 Å². The third-order valence-corrected chi connectivity index (χ3v) is 2.94. The highest BCUT2D eigenvalue weighted by Gasteiger charge is 2.19. The smallest absolute Gasteiger partial charge is 0.228 e. The molecule has 0 radical (unpaired) electrons. The van der Waals surface area contributed by atoms with Crippen LogP contribution >= 0.6 is 12.4 Å². The van der Waals surface area contributed by atoms with Crippen molar-refractivity contribution in [1.82, 2.24) is 4.90 Å². The van der Waals surface area contributed by atoms with Gasteiger partial charge in [-0.25, -0.2) is 0 Å². The van der Waals surface area contributed by atoms with Crippen molar-refractivity contribution in [3.63, 3.8) is 0 Å². The molecule has 0 bridgehead atoms. The molecule has 1 amide bonds. The Morgan fingerprint density at radius 1 is 1.35 bits per heavy atom. The molecule has 3 nitrogen and oxygen atoms in total. The van der Waals surface area contributed by atoms with Gasteiger partial charge in [0.1, 0.15) is 0 Å². The summed E-state index contributed by atoms with van der Waals surface area (Å²) in [5.74, 6) is 0.120. The second-order valence-electron chi connectivity index (χ2n) is 4.58. The van der Waals surface area contributed by atoms with Crippen molar-refractivity contribution in [2.45, 2.75) is 19.3 Å². The summed E-state index contributed by atoms with van der Waals surface area (Å²) >= 11 is 0. The molecule has 0 aromatic heterocycles. The van der Waals surface area contributed by atoms with Gasteiger partial charge in [-0.05, 0) is 50.7 Å². The van der Waals surface area contributed by atoms with Crippen LogP contribution in [0.3, 0.4) is 0 Å². The van der Waals surface area contributed by atoms with E-state index in [0.717, 1.165) is 25.1 Å². The lowest BCUT2D eigenvalue weighted by atomic mass is 10.0. The summed E-state index contributed by atoms with van der Waals surface area (Å²) in [5.41, 5.74) is 3.52. The summed E-state index contributed by atoms with van der Waals surface area (Å²) in [7, 11) is 4.17. The van der Waals surface area contributed by atoms with Gasteiger partial charge in [0.15, 0.2) is 0 Å². The fourth-order valence-corrected chi connectivity index (χ4v) is 2.14. The third-order valence-electron chi connectivity index (χ3n) is 2.94. The molecule has 0 spiro atoms. The predicted octanol–water partition coefficient (Wildman–Crippen LogP) is 2.10. The Kier molecular flexibility index (Phi) is 4.97. The maximum Gasteiger partial charge on any atom is 0.228 e. The molecule has 0 unspecified atom stereocenters. The molecule has 94 valence electrons. The van der Waals surface area contributed by atoms with Gasteiger partial charge in [-0.2, -0.15) is 0 Å². The molecule has 1 aliphatic rings. The van der Waals surface area contributed by atoms with Crippen molar-refractivity contribution < 1.29 is 4.79 Å². The Morgan fingerprint density at radius 3 is 2.82 bits per heavy atom. The molecule has 1 aliphatic heterocycles. The SMILES string of the molecule is CN(C)CCCc1cccc2c1CC(=O)N2.Cl. The predicted molar refractivity (Wildman–Crippen MR) is 72.9 cm³/mol. The molecule has 17 heavy (non-hydrogen) atoms. The summed E-state index contributed by atoms with van der Waals surface area (Å²) in [6.45, 7) is 1.09. The first-order valence-corrected chi connectivity index (χ1v) is 5.72. The van der Waals surface area contributed by atoms with Crippen molar-refractivity contribution in [1.29, 1.82) is 0 Å². The number of halogens is 1. The van der Waals surface area contributed by atoms with Gasteiger partial charge in [0, 0.05) is 5.69 Å². The highest BCUT2D eigenvalue weighted by molar-refractivity contribution is 5.99. The van der Waals surface area contributed by atoms with Crippen LogP contribution in [0.15, 0.2) is 18.2 Å². The van der Waals surface area contributed by atoms with E-state index in [0.29, 0.717) is 6.42 Å². The number of aryl methyl sites for hydroxylation is 1. The largest absolute Gasteiger partial charge is 0.326 e. The molecular weight excluding hydrogens is 236 g/mol. The van der Waals surface area contributed by atoms with Gasteiger partial charge in [0.2, 0.25) is 5.91 Å². The minimum Gasteiger partial charge on any atom is -0.326 e. The monoisotopic (exact) mass is 254 g/mol. The molecule has 0 saturated heterocycles. The molecule has 1 aromatic rings. The van der Waals surface area contributed by atoms with Crippen molar-refractivity contribution in [3.05, 3.63) is 29.3 Å². The maximum atomic E-state index is 11.3. The average molecular weight is 255 g/mol. The molecule has 1 N–H and O–H groups in total. The third kappa shape index (κ3) is 3.45. The van der Waals surface area contributed by atoms with Gasteiger partial charge in [-0.3, -0.25) is 4.79 Å². The van der Waals surface area contributed by atoms with Crippen LogP contribution < -0.4 is 5.32 Å². The zero-order valence-electron chi connectivity index (χ0n) is 10.3. The second-order valence-corrected chi connectivity index (χ2v) is 4.58. The average Bonchev–Trinajstić information content (AvgIpc) is 2.58. The molecule has 0 fully saturated rings. The molecule has 4 heteroatoms. The summed E-state index contributed by atoms with van der Waals surface area (Å²) in [4.78, 5) is 13.5. The first kappa shape index (κ1) is 14.0. The minimum atomic E-state index is 0. The zero-order chi connectivity index (χ0) is 11.5. The Balaban J connectivity index is 0.00000144. The quantitative estimate of drug-likeness (QED) is 0.893. The topological polar surface area (TPSA) is 32.3 Å². The van der Waals surface area contributed by atoms with E-state index in [-0.39, 0.29) is 18.3 Å². The van der Waals surface area contributed by atoms with Crippen LogP contribution in [-0.2, 0) is 17.6 Å². The number of anilines is 1. The zero-order valence-corrected chi connectivity index (χ0v) is 11.1. The Morgan fingerprint density at radius 2 is 2.12 bits per heavy atom. The first-order valence-electron chi connectivity index (χ1n) is 5.72. The van der Waals surface area contributed by atoms with Crippen LogP contribution in [0.4, 0.5) is 5.69 Å². The number of benzene rings is 1. The minimum absolute atomic E-state index is 0. The second kappa shape index (κ2) is 6.03. The van der Waals surface area contributed by atoms with Crippen molar-refractivity contribution >= 4 is 24.0 Å². The van der Waals surface area contributed by atoms with Gasteiger partial charge in [0.05, 0.1) is 6.42 Å². The Hall–Kier alpha value is -1.06. The number of fused-ring (bicyclic) bond motifs is 1. The van der Waals surface area contributed by atoms with E-state index in [1.54, 1.807) is 0 Å². The number of amides is 1. The Labute approximate surface area is 109 Å². The van der Waals surface area contributed by atoms with Crippen LogP contribution in [0.25, 0.3) is 0 Å². The highest BCUT2D eigenvalue weighted by atomic mass is 35.5. The van der Waals surface area contributed by atoms with Crippen LogP contribution in [0.1, 0.15) is 17.5 Å². The standard InChI is InChI=1S/C13H18N2O.ClH/c1-15(2)8-4-6-10-5-3-7-12-11(10)9-13(16)14-12;/h3,5,7H,4,6,8-9H2,1-2H3,(H,14,16);1H. The normalized spacial score (nSPS) is 13.2. The Bertz CT molecular complexity index is 404. The summed E-state index contributed by atoms with van der Waals surface area (Å²) < 4.78 is 0. The number of carbonyl (C=O) groups excluding carboxylic acids is 1. The lowest BCUT2D eigenvalue weighted by molar-refractivity contribution is -0.115. The lowest BCUT2D eigenvalue weighted by Gasteiger charge is -2.10. The molecule has 1 heterocycles. The number of nitrogens with one attached hydrogen (secondary N) is 1. The number of carbonyl (C=O) groups is 1. The van der Waals surface area contributed by atoms with Crippen molar-refractivity contribution in [2.75, 3.05) is 26.0 Å². The van der Waals surface area contributed by atoms with E-state index < -0.39 is 0 Å². The number of rotatable bonds is 4. The fraction of sp³-hybridized carbons (Fsp3) is 0.462. The van der Waals surface area contributed by atoms with E-state index >= 15 is 0 Å².